The van der Waals surface area contributed by atoms with E-state index in [0.717, 1.165) is 19.3 Å². The van der Waals surface area contributed by atoms with Crippen LogP contribution in [0.25, 0.3) is 0 Å². The van der Waals surface area contributed by atoms with E-state index in [1.54, 1.807) is 0 Å². The van der Waals surface area contributed by atoms with Gasteiger partial charge in [0.25, 0.3) is 5.91 Å². The third-order valence-electron chi connectivity index (χ3n) is 4.69. The highest BCUT2D eigenvalue weighted by Crippen LogP contribution is 2.42. The first kappa shape index (κ1) is 13.9. The largest absolute Gasteiger partial charge is 0.325 e. The number of nitrogens with one attached hydrogen (secondary N) is 1. The normalized spacial score (nSPS) is 34.5. The van der Waals surface area contributed by atoms with Crippen molar-refractivity contribution in [2.45, 2.75) is 51.5 Å². The molecule has 2 rings (SSSR count). The first-order valence-corrected chi connectivity index (χ1v) is 7.11. The Kier molecular flexibility index (Phi) is 3.84. The van der Waals surface area contributed by atoms with Crippen LogP contribution in [0.3, 0.4) is 0 Å². The molecule has 19 heavy (non-hydrogen) atoms. The summed E-state index contributed by atoms with van der Waals surface area (Å²) in [5.74, 6) is 2.89. The minimum absolute atomic E-state index is 0.0470. The molecule has 1 saturated carbocycles. The number of rotatable bonds is 3. The van der Waals surface area contributed by atoms with Crippen molar-refractivity contribution in [1.82, 2.24) is 10.2 Å². The van der Waals surface area contributed by atoms with Crippen LogP contribution < -0.4 is 5.32 Å². The molecule has 104 valence electrons. The maximum atomic E-state index is 12.7. The minimum atomic E-state index is -0.675. The molecule has 1 aliphatic carbocycles. The molecule has 2 unspecified atom stereocenters. The number of imide groups is 1. The smallest absolute Gasteiger partial charge is 0.323 e. The fourth-order valence-corrected chi connectivity index (χ4v) is 3.49. The molecule has 4 nitrogen and oxygen atoms in total. The SMILES string of the molecule is C#CCCCN1C(=O)NC2(C1=O)C(C)CCCC2C. The van der Waals surface area contributed by atoms with Gasteiger partial charge in [-0.05, 0) is 31.1 Å². The molecule has 0 aromatic rings. The summed E-state index contributed by atoms with van der Waals surface area (Å²) < 4.78 is 0. The minimum Gasteiger partial charge on any atom is -0.323 e. The summed E-state index contributed by atoms with van der Waals surface area (Å²) in [6, 6.07) is -0.248. The first-order valence-electron chi connectivity index (χ1n) is 7.11. The van der Waals surface area contributed by atoms with Crippen molar-refractivity contribution in [3.8, 4) is 12.3 Å². The maximum Gasteiger partial charge on any atom is 0.325 e. The summed E-state index contributed by atoms with van der Waals surface area (Å²) >= 11 is 0. The second kappa shape index (κ2) is 5.24. The maximum absolute atomic E-state index is 12.7. The van der Waals surface area contributed by atoms with Gasteiger partial charge in [-0.15, -0.1) is 12.3 Å². The molecule has 1 N–H and O–H groups in total. The third kappa shape index (κ3) is 2.11. The highest BCUT2D eigenvalue weighted by Gasteiger charge is 2.57. The summed E-state index contributed by atoms with van der Waals surface area (Å²) in [6.45, 7) is 4.56. The van der Waals surface area contributed by atoms with Crippen molar-refractivity contribution < 1.29 is 9.59 Å². The average Bonchev–Trinajstić information content (AvgIpc) is 2.62. The third-order valence-corrected chi connectivity index (χ3v) is 4.69. The van der Waals surface area contributed by atoms with Crippen LogP contribution in [0, 0.1) is 24.2 Å². The summed E-state index contributed by atoms with van der Waals surface area (Å²) in [4.78, 5) is 26.1. The Bertz CT molecular complexity index is 414. The average molecular weight is 262 g/mol. The van der Waals surface area contributed by atoms with E-state index in [1.807, 2.05) is 0 Å². The molecule has 1 spiro atoms. The molecule has 1 saturated heterocycles. The van der Waals surface area contributed by atoms with E-state index >= 15 is 0 Å². The lowest BCUT2D eigenvalue weighted by atomic mass is 9.67. The molecule has 3 amide bonds. The first-order chi connectivity index (χ1) is 9.04. The van der Waals surface area contributed by atoms with Crippen LogP contribution in [-0.2, 0) is 4.79 Å². The molecular formula is C15H22N2O2. The lowest BCUT2D eigenvalue weighted by Crippen LogP contribution is -2.58. The van der Waals surface area contributed by atoms with E-state index in [1.165, 1.54) is 4.90 Å². The topological polar surface area (TPSA) is 49.4 Å². The van der Waals surface area contributed by atoms with Gasteiger partial charge in [-0.1, -0.05) is 20.3 Å². The van der Waals surface area contributed by atoms with E-state index in [9.17, 15) is 9.59 Å². The van der Waals surface area contributed by atoms with Gasteiger partial charge in [0.15, 0.2) is 0 Å². The van der Waals surface area contributed by atoms with Crippen LogP contribution in [-0.4, -0.2) is 28.9 Å². The van der Waals surface area contributed by atoms with E-state index in [4.69, 9.17) is 6.42 Å². The number of amides is 3. The Morgan fingerprint density at radius 3 is 2.58 bits per heavy atom. The van der Waals surface area contributed by atoms with Crippen molar-refractivity contribution >= 4 is 11.9 Å². The highest BCUT2D eigenvalue weighted by atomic mass is 16.2. The summed E-state index contributed by atoms with van der Waals surface area (Å²) in [7, 11) is 0. The summed E-state index contributed by atoms with van der Waals surface area (Å²) in [5, 5.41) is 2.98. The second-order valence-corrected chi connectivity index (χ2v) is 5.80. The number of hydrogen-bond acceptors (Lipinski definition) is 2. The number of hydrogen-bond donors (Lipinski definition) is 1. The van der Waals surface area contributed by atoms with Crippen LogP contribution in [0.1, 0.15) is 46.0 Å². The lowest BCUT2D eigenvalue weighted by Gasteiger charge is -2.42. The zero-order chi connectivity index (χ0) is 14.0. The molecule has 0 aromatic carbocycles. The van der Waals surface area contributed by atoms with Gasteiger partial charge >= 0.3 is 6.03 Å². The van der Waals surface area contributed by atoms with Gasteiger partial charge in [0.1, 0.15) is 5.54 Å². The zero-order valence-electron chi connectivity index (χ0n) is 11.7. The highest BCUT2D eigenvalue weighted by molar-refractivity contribution is 6.07. The van der Waals surface area contributed by atoms with Crippen LogP contribution in [0.5, 0.6) is 0 Å². The molecule has 2 fully saturated rings. The Morgan fingerprint density at radius 1 is 1.37 bits per heavy atom. The van der Waals surface area contributed by atoms with Crippen LogP contribution >= 0.6 is 0 Å². The molecule has 1 heterocycles. The fourth-order valence-electron chi connectivity index (χ4n) is 3.49. The molecule has 2 aliphatic rings. The predicted molar refractivity (Wildman–Crippen MR) is 73.2 cm³/mol. The Morgan fingerprint density at radius 2 is 2.00 bits per heavy atom. The van der Waals surface area contributed by atoms with Crippen molar-refractivity contribution in [1.29, 1.82) is 0 Å². The quantitative estimate of drug-likeness (QED) is 0.481. The van der Waals surface area contributed by atoms with Crippen LogP contribution in [0.4, 0.5) is 4.79 Å². The van der Waals surface area contributed by atoms with Gasteiger partial charge in [-0.3, -0.25) is 9.69 Å². The summed E-state index contributed by atoms with van der Waals surface area (Å²) in [5.41, 5.74) is -0.675. The van der Waals surface area contributed by atoms with E-state index in [2.05, 4.69) is 25.1 Å². The second-order valence-electron chi connectivity index (χ2n) is 5.80. The zero-order valence-corrected chi connectivity index (χ0v) is 11.7. The van der Waals surface area contributed by atoms with Gasteiger partial charge in [0.05, 0.1) is 0 Å². The molecule has 0 bridgehead atoms. The molecule has 0 radical (unpaired) electrons. The summed E-state index contributed by atoms with van der Waals surface area (Å²) in [6.07, 6.45) is 9.60. The van der Waals surface area contributed by atoms with Gasteiger partial charge in [-0.2, -0.15) is 0 Å². The Hall–Kier alpha value is -1.50. The van der Waals surface area contributed by atoms with E-state index < -0.39 is 5.54 Å². The fraction of sp³-hybridized carbons (Fsp3) is 0.733. The number of urea groups is 1. The molecule has 4 heteroatoms. The molecular weight excluding hydrogens is 240 g/mol. The molecule has 0 aromatic heterocycles. The van der Waals surface area contributed by atoms with Gasteiger partial charge < -0.3 is 5.32 Å². The van der Waals surface area contributed by atoms with E-state index in [-0.39, 0.29) is 23.8 Å². The van der Waals surface area contributed by atoms with Crippen LogP contribution in [0.2, 0.25) is 0 Å². The number of terminal acetylenes is 1. The van der Waals surface area contributed by atoms with Crippen LogP contribution in [0.15, 0.2) is 0 Å². The Labute approximate surface area is 114 Å². The van der Waals surface area contributed by atoms with Crippen molar-refractivity contribution in [2.24, 2.45) is 11.8 Å². The standard InChI is InChI=1S/C15H22N2O2/c1-4-5-6-10-17-13(18)15(16-14(17)19)11(2)8-7-9-12(15)3/h1,11-12H,5-10H2,2-3H3,(H,16,19). The van der Waals surface area contributed by atoms with Gasteiger partial charge in [-0.25, -0.2) is 4.79 Å². The number of unbranched alkanes of at least 4 members (excludes halogenated alkanes) is 1. The van der Waals surface area contributed by atoms with E-state index in [0.29, 0.717) is 19.4 Å². The molecule has 2 atom stereocenters. The Balaban J connectivity index is 2.18. The van der Waals surface area contributed by atoms with Gasteiger partial charge in [0.2, 0.25) is 0 Å². The number of carbonyl (C=O) groups is 2. The predicted octanol–water partition coefficient (Wildman–Crippen LogP) is 2.15. The van der Waals surface area contributed by atoms with Crippen molar-refractivity contribution in [3.63, 3.8) is 0 Å². The molecule has 1 aliphatic heterocycles. The monoisotopic (exact) mass is 262 g/mol. The van der Waals surface area contributed by atoms with Crippen molar-refractivity contribution in [2.75, 3.05) is 6.54 Å². The van der Waals surface area contributed by atoms with Gasteiger partial charge in [0, 0.05) is 13.0 Å². The number of carbonyl (C=O) groups excluding carboxylic acids is 2. The lowest BCUT2D eigenvalue weighted by molar-refractivity contribution is -0.136. The number of nitrogens with zero attached hydrogens (tertiary/aromatic N) is 1. The van der Waals surface area contributed by atoms with Crippen molar-refractivity contribution in [3.05, 3.63) is 0 Å².